The first-order valence-corrected chi connectivity index (χ1v) is 6.54. The van der Waals surface area contributed by atoms with E-state index in [4.69, 9.17) is 5.73 Å². The van der Waals surface area contributed by atoms with Gasteiger partial charge in [-0.25, -0.2) is 0 Å². The molecule has 0 bridgehead atoms. The Morgan fingerprint density at radius 2 is 2.05 bits per heavy atom. The van der Waals surface area contributed by atoms with Crippen LogP contribution in [0.3, 0.4) is 0 Å². The number of carbonyl (C=O) groups is 1. The third kappa shape index (κ3) is 2.43. The zero-order chi connectivity index (χ0) is 14.2. The van der Waals surface area contributed by atoms with Crippen molar-refractivity contribution in [2.75, 3.05) is 11.9 Å². The summed E-state index contributed by atoms with van der Waals surface area (Å²) in [6.45, 7) is 9.21. The first-order valence-electron chi connectivity index (χ1n) is 6.54. The monoisotopic (exact) mass is 259 g/mol. The molecule has 0 aliphatic carbocycles. The highest BCUT2D eigenvalue weighted by molar-refractivity contribution is 6.11. The van der Waals surface area contributed by atoms with Gasteiger partial charge in [0.25, 0.3) is 5.91 Å². The van der Waals surface area contributed by atoms with E-state index in [-0.39, 0.29) is 5.41 Å². The lowest BCUT2D eigenvalue weighted by molar-refractivity contribution is 0.100. The van der Waals surface area contributed by atoms with Crippen molar-refractivity contribution in [2.24, 2.45) is 5.73 Å². The number of aromatic amines is 1. The van der Waals surface area contributed by atoms with Crippen LogP contribution in [-0.2, 0) is 5.41 Å². The van der Waals surface area contributed by atoms with E-state index in [1.165, 1.54) is 5.56 Å². The summed E-state index contributed by atoms with van der Waals surface area (Å²) in [4.78, 5) is 14.9. The number of aromatic nitrogens is 1. The number of rotatable bonds is 3. The lowest BCUT2D eigenvalue weighted by atomic mass is 9.86. The maximum Gasteiger partial charge on any atom is 0.253 e. The zero-order valence-electron chi connectivity index (χ0n) is 11.9. The van der Waals surface area contributed by atoms with Crippen molar-refractivity contribution in [3.8, 4) is 0 Å². The fourth-order valence-corrected chi connectivity index (χ4v) is 2.23. The average Bonchev–Trinajstić information content (AvgIpc) is 2.65. The molecule has 1 heterocycles. The van der Waals surface area contributed by atoms with Crippen LogP contribution in [0.25, 0.3) is 10.9 Å². The SMILES string of the molecule is CCNc1[nH]c2cc(C(C)(C)C)ccc2c1C(N)=O. The highest BCUT2D eigenvalue weighted by Crippen LogP contribution is 2.30. The number of hydrogen-bond donors (Lipinski definition) is 3. The minimum Gasteiger partial charge on any atom is -0.371 e. The van der Waals surface area contributed by atoms with E-state index >= 15 is 0 Å². The van der Waals surface area contributed by atoms with Crippen LogP contribution in [-0.4, -0.2) is 17.4 Å². The van der Waals surface area contributed by atoms with Gasteiger partial charge in [0.1, 0.15) is 5.82 Å². The average molecular weight is 259 g/mol. The topological polar surface area (TPSA) is 70.9 Å². The third-order valence-electron chi connectivity index (χ3n) is 3.26. The molecule has 0 atom stereocenters. The lowest BCUT2D eigenvalue weighted by Crippen LogP contribution is -2.13. The van der Waals surface area contributed by atoms with Crippen LogP contribution >= 0.6 is 0 Å². The van der Waals surface area contributed by atoms with E-state index in [1.807, 2.05) is 13.0 Å². The molecule has 4 N–H and O–H groups in total. The van der Waals surface area contributed by atoms with Crippen molar-refractivity contribution in [3.63, 3.8) is 0 Å². The van der Waals surface area contributed by atoms with E-state index < -0.39 is 5.91 Å². The Bertz CT molecular complexity index is 620. The fourth-order valence-electron chi connectivity index (χ4n) is 2.23. The Kier molecular flexibility index (Phi) is 3.27. The number of nitrogens with two attached hydrogens (primary N) is 1. The largest absolute Gasteiger partial charge is 0.371 e. The van der Waals surface area contributed by atoms with Gasteiger partial charge in [0.2, 0.25) is 0 Å². The van der Waals surface area contributed by atoms with Gasteiger partial charge in [0, 0.05) is 17.4 Å². The number of primary amides is 1. The van der Waals surface area contributed by atoms with Gasteiger partial charge in [0.15, 0.2) is 0 Å². The number of amides is 1. The number of hydrogen-bond acceptors (Lipinski definition) is 2. The van der Waals surface area contributed by atoms with E-state index in [9.17, 15) is 4.79 Å². The van der Waals surface area contributed by atoms with Crippen LogP contribution in [0.4, 0.5) is 5.82 Å². The van der Waals surface area contributed by atoms with E-state index in [0.29, 0.717) is 11.4 Å². The maximum atomic E-state index is 11.6. The normalized spacial score (nSPS) is 11.8. The molecule has 1 aromatic heterocycles. The molecule has 0 spiro atoms. The van der Waals surface area contributed by atoms with Crippen LogP contribution in [0.5, 0.6) is 0 Å². The fraction of sp³-hybridized carbons (Fsp3) is 0.400. The van der Waals surface area contributed by atoms with Crippen LogP contribution in [0.2, 0.25) is 0 Å². The van der Waals surface area contributed by atoms with E-state index in [2.05, 4.69) is 43.2 Å². The second-order valence-corrected chi connectivity index (χ2v) is 5.78. The van der Waals surface area contributed by atoms with Crippen molar-refractivity contribution < 1.29 is 4.79 Å². The summed E-state index contributed by atoms with van der Waals surface area (Å²) in [6.07, 6.45) is 0. The van der Waals surface area contributed by atoms with Gasteiger partial charge in [-0.1, -0.05) is 32.9 Å². The number of carbonyl (C=O) groups excluding carboxylic acids is 1. The minimum absolute atomic E-state index is 0.0739. The van der Waals surface area contributed by atoms with Crippen molar-refractivity contribution in [1.29, 1.82) is 0 Å². The summed E-state index contributed by atoms with van der Waals surface area (Å²) in [5, 5.41) is 4.02. The van der Waals surface area contributed by atoms with Crippen molar-refractivity contribution in [3.05, 3.63) is 29.3 Å². The van der Waals surface area contributed by atoms with Gasteiger partial charge >= 0.3 is 0 Å². The summed E-state index contributed by atoms with van der Waals surface area (Å²) < 4.78 is 0. The quantitative estimate of drug-likeness (QED) is 0.793. The van der Waals surface area contributed by atoms with Crippen molar-refractivity contribution >= 4 is 22.6 Å². The van der Waals surface area contributed by atoms with E-state index in [1.54, 1.807) is 0 Å². The molecule has 2 rings (SSSR count). The van der Waals surface area contributed by atoms with Crippen LogP contribution in [0.1, 0.15) is 43.6 Å². The summed E-state index contributed by atoms with van der Waals surface area (Å²) in [6, 6.07) is 6.11. The number of benzene rings is 1. The van der Waals surface area contributed by atoms with Gasteiger partial charge in [-0.3, -0.25) is 4.79 Å². The molecule has 19 heavy (non-hydrogen) atoms. The molecular formula is C15H21N3O. The molecule has 1 amide bonds. The zero-order valence-corrected chi connectivity index (χ0v) is 11.9. The molecule has 0 aliphatic rings. The Morgan fingerprint density at radius 1 is 1.37 bits per heavy atom. The van der Waals surface area contributed by atoms with Crippen molar-refractivity contribution in [2.45, 2.75) is 33.1 Å². The van der Waals surface area contributed by atoms with Gasteiger partial charge in [-0.2, -0.15) is 0 Å². The minimum atomic E-state index is -0.411. The Labute approximate surface area is 113 Å². The van der Waals surface area contributed by atoms with Crippen LogP contribution in [0.15, 0.2) is 18.2 Å². The third-order valence-corrected chi connectivity index (χ3v) is 3.26. The molecule has 102 valence electrons. The second kappa shape index (κ2) is 4.61. The number of fused-ring (bicyclic) bond motifs is 1. The Morgan fingerprint density at radius 3 is 2.58 bits per heavy atom. The van der Waals surface area contributed by atoms with Gasteiger partial charge < -0.3 is 16.0 Å². The molecule has 0 aliphatic heterocycles. The van der Waals surface area contributed by atoms with Gasteiger partial charge in [0.05, 0.1) is 5.56 Å². The molecular weight excluding hydrogens is 238 g/mol. The molecule has 2 aromatic rings. The smallest absolute Gasteiger partial charge is 0.253 e. The second-order valence-electron chi connectivity index (χ2n) is 5.78. The molecule has 1 aromatic carbocycles. The summed E-state index contributed by atoms with van der Waals surface area (Å²) in [5.41, 5.74) is 8.26. The summed E-state index contributed by atoms with van der Waals surface area (Å²) in [5.74, 6) is 0.293. The number of nitrogens with one attached hydrogen (secondary N) is 2. The molecule has 4 nitrogen and oxygen atoms in total. The Hall–Kier alpha value is -1.97. The number of H-pyrrole nitrogens is 1. The van der Waals surface area contributed by atoms with Gasteiger partial charge in [-0.15, -0.1) is 0 Å². The maximum absolute atomic E-state index is 11.6. The first-order chi connectivity index (χ1) is 8.84. The van der Waals surface area contributed by atoms with Crippen molar-refractivity contribution in [1.82, 2.24) is 4.98 Å². The predicted molar refractivity (Wildman–Crippen MR) is 79.7 cm³/mol. The highest BCUT2D eigenvalue weighted by Gasteiger charge is 2.19. The predicted octanol–water partition coefficient (Wildman–Crippen LogP) is 3.00. The van der Waals surface area contributed by atoms with Gasteiger partial charge in [-0.05, 0) is 24.0 Å². The number of anilines is 1. The van der Waals surface area contributed by atoms with Crippen LogP contribution in [0, 0.1) is 0 Å². The molecule has 0 saturated carbocycles. The molecule has 0 saturated heterocycles. The van der Waals surface area contributed by atoms with E-state index in [0.717, 1.165) is 17.4 Å². The first kappa shape index (κ1) is 13.5. The molecule has 0 radical (unpaired) electrons. The summed E-state index contributed by atoms with van der Waals surface area (Å²) in [7, 11) is 0. The standard InChI is InChI=1S/C15H21N3O/c1-5-17-14-12(13(16)19)10-7-6-9(15(2,3)4)8-11(10)18-14/h6-8,17-18H,5H2,1-4H3,(H2,16,19). The summed E-state index contributed by atoms with van der Waals surface area (Å²) >= 11 is 0. The Balaban J connectivity index is 2.66. The van der Waals surface area contributed by atoms with Crippen LogP contribution < -0.4 is 11.1 Å². The molecule has 0 fully saturated rings. The molecule has 0 unspecified atom stereocenters. The molecule has 4 heteroatoms. The lowest BCUT2D eigenvalue weighted by Gasteiger charge is -2.18. The highest BCUT2D eigenvalue weighted by atomic mass is 16.1.